The van der Waals surface area contributed by atoms with Crippen LogP contribution in [-0.2, 0) is 9.59 Å². The third-order valence-electron chi connectivity index (χ3n) is 6.35. The molecule has 0 spiro atoms. The van der Waals surface area contributed by atoms with Gasteiger partial charge in [0.15, 0.2) is 10.9 Å². The van der Waals surface area contributed by atoms with Crippen LogP contribution in [-0.4, -0.2) is 38.3 Å². The number of anilines is 1. The van der Waals surface area contributed by atoms with Gasteiger partial charge in [-0.15, -0.1) is 0 Å². The molecule has 0 radical (unpaired) electrons. The zero-order valence-corrected chi connectivity index (χ0v) is 20.5. The minimum Gasteiger partial charge on any atom is -0.505 e. The molecule has 184 valence electrons. The van der Waals surface area contributed by atoms with Crippen molar-refractivity contribution in [2.24, 2.45) is 0 Å². The van der Waals surface area contributed by atoms with Crippen LogP contribution in [0.1, 0.15) is 23.0 Å². The number of pyridine rings is 1. The van der Waals surface area contributed by atoms with E-state index in [-0.39, 0.29) is 16.5 Å². The second-order valence-electron chi connectivity index (χ2n) is 8.53. The van der Waals surface area contributed by atoms with Crippen LogP contribution in [0.5, 0.6) is 5.75 Å². The molecule has 6 rings (SSSR count). The average Bonchev–Trinajstić information content (AvgIpc) is 3.54. The molecule has 1 saturated heterocycles. The summed E-state index contributed by atoms with van der Waals surface area (Å²) in [7, 11) is 1.55. The van der Waals surface area contributed by atoms with E-state index in [0.29, 0.717) is 33.9 Å². The van der Waals surface area contributed by atoms with Gasteiger partial charge in [0.2, 0.25) is 0 Å². The predicted molar refractivity (Wildman–Crippen MR) is 137 cm³/mol. The number of hydrogen-bond acceptors (Lipinski definition) is 7. The number of benzene rings is 2. The monoisotopic (exact) mass is 514 g/mol. The number of carbonyl (C=O) groups excluding carboxylic acids is 2. The number of halogens is 1. The van der Waals surface area contributed by atoms with Crippen LogP contribution in [0.3, 0.4) is 0 Å². The largest absolute Gasteiger partial charge is 0.505 e. The fraction of sp³-hybridized carbons (Fsp3) is 0.111. The first-order valence-electron chi connectivity index (χ1n) is 11.3. The summed E-state index contributed by atoms with van der Waals surface area (Å²) in [6.07, 6.45) is 1.72. The number of methoxy groups -OCH3 is 1. The first kappa shape index (κ1) is 22.9. The number of ketones is 1. The second-order valence-corrected chi connectivity index (χ2v) is 9.53. The molecule has 10 heteroatoms. The van der Waals surface area contributed by atoms with E-state index in [1.165, 1.54) is 40.5 Å². The predicted octanol–water partition coefficient (Wildman–Crippen LogP) is 5.03. The average molecular weight is 515 g/mol. The molecule has 8 nitrogen and oxygen atoms in total. The van der Waals surface area contributed by atoms with Crippen molar-refractivity contribution in [2.45, 2.75) is 13.0 Å². The summed E-state index contributed by atoms with van der Waals surface area (Å²) in [6.45, 7) is 1.71. The first-order chi connectivity index (χ1) is 17.9. The number of ether oxygens (including phenoxy) is 1. The molecule has 3 aromatic heterocycles. The van der Waals surface area contributed by atoms with Crippen molar-refractivity contribution < 1.29 is 23.8 Å². The van der Waals surface area contributed by atoms with Crippen molar-refractivity contribution >= 4 is 49.8 Å². The lowest BCUT2D eigenvalue weighted by Crippen LogP contribution is -2.29. The van der Waals surface area contributed by atoms with E-state index in [4.69, 9.17) is 4.74 Å². The Morgan fingerprint density at radius 3 is 2.62 bits per heavy atom. The van der Waals surface area contributed by atoms with Crippen molar-refractivity contribution in [3.8, 4) is 5.75 Å². The van der Waals surface area contributed by atoms with E-state index in [0.717, 1.165) is 4.70 Å². The van der Waals surface area contributed by atoms with Crippen LogP contribution in [0.15, 0.2) is 72.4 Å². The zero-order valence-electron chi connectivity index (χ0n) is 19.7. The van der Waals surface area contributed by atoms with Gasteiger partial charge in [0.25, 0.3) is 5.78 Å². The van der Waals surface area contributed by atoms with Crippen LogP contribution in [0.4, 0.5) is 9.52 Å². The summed E-state index contributed by atoms with van der Waals surface area (Å²) in [4.78, 5) is 37.3. The standard InChI is InChI=1S/C27H19FN4O4S/c1-14-22(31-12-4-3-5-20(31)29-14)24(33)21-23(15-6-8-16(28)9-7-15)32(26(35)25(21)34)27-30-18-11-10-17(36-2)13-19(18)37-27/h3-13,23,33H,1-2H3/b24-21+. The number of amides is 1. The maximum absolute atomic E-state index is 13.8. The number of imidazole rings is 1. The molecule has 1 fully saturated rings. The lowest BCUT2D eigenvalue weighted by atomic mass is 9.96. The Morgan fingerprint density at radius 2 is 1.86 bits per heavy atom. The number of Topliss-reactive ketones (excluding diaryl/α,β-unsaturated/α-hetero) is 1. The molecular weight excluding hydrogens is 495 g/mol. The molecule has 37 heavy (non-hydrogen) atoms. The first-order valence-corrected chi connectivity index (χ1v) is 12.1. The van der Waals surface area contributed by atoms with Crippen LogP contribution in [0, 0.1) is 12.7 Å². The topological polar surface area (TPSA) is 97.0 Å². The van der Waals surface area contributed by atoms with Gasteiger partial charge in [-0.05, 0) is 55.0 Å². The fourth-order valence-corrected chi connectivity index (χ4v) is 5.66. The van der Waals surface area contributed by atoms with Crippen LogP contribution < -0.4 is 9.64 Å². The summed E-state index contributed by atoms with van der Waals surface area (Å²) in [5, 5.41) is 11.8. The summed E-state index contributed by atoms with van der Waals surface area (Å²) in [5.41, 5.74) is 2.31. The molecule has 2 aromatic carbocycles. The smallest absolute Gasteiger partial charge is 0.301 e. The number of thiazole rings is 1. The highest BCUT2D eigenvalue weighted by Gasteiger charge is 2.48. The number of fused-ring (bicyclic) bond motifs is 2. The number of aliphatic hydroxyl groups is 1. The van der Waals surface area contributed by atoms with Crippen molar-refractivity contribution in [1.82, 2.24) is 14.4 Å². The Balaban J connectivity index is 1.59. The summed E-state index contributed by atoms with van der Waals surface area (Å²) in [6, 6.07) is 15.1. The van der Waals surface area contributed by atoms with Crippen molar-refractivity contribution in [1.29, 1.82) is 0 Å². The molecule has 1 amide bonds. The third kappa shape index (κ3) is 3.56. The van der Waals surface area contributed by atoms with E-state index in [2.05, 4.69) is 9.97 Å². The number of hydrogen-bond donors (Lipinski definition) is 1. The fourth-order valence-electron chi connectivity index (χ4n) is 4.64. The highest BCUT2D eigenvalue weighted by Crippen LogP contribution is 2.45. The van der Waals surface area contributed by atoms with Gasteiger partial charge in [0, 0.05) is 6.20 Å². The molecule has 1 aliphatic rings. The number of aliphatic hydroxyl groups excluding tert-OH is 1. The van der Waals surface area contributed by atoms with Gasteiger partial charge in [0.1, 0.15) is 22.9 Å². The second kappa shape index (κ2) is 8.52. The Kier molecular flexibility index (Phi) is 5.27. The van der Waals surface area contributed by atoms with Gasteiger partial charge < -0.3 is 9.84 Å². The van der Waals surface area contributed by atoms with E-state index in [1.807, 2.05) is 6.07 Å². The molecule has 4 heterocycles. The van der Waals surface area contributed by atoms with Crippen molar-refractivity contribution in [3.05, 3.63) is 95.2 Å². The minimum atomic E-state index is -1.03. The quantitative estimate of drug-likeness (QED) is 0.205. The number of rotatable bonds is 4. The number of aryl methyl sites for hydroxylation is 1. The maximum Gasteiger partial charge on any atom is 0.301 e. The zero-order chi connectivity index (χ0) is 25.8. The van der Waals surface area contributed by atoms with Crippen LogP contribution >= 0.6 is 11.3 Å². The molecule has 1 N–H and O–H groups in total. The number of aromatic nitrogens is 3. The minimum absolute atomic E-state index is 0.123. The maximum atomic E-state index is 13.8. The van der Waals surface area contributed by atoms with E-state index >= 15 is 0 Å². The highest BCUT2D eigenvalue weighted by molar-refractivity contribution is 7.22. The van der Waals surface area contributed by atoms with Gasteiger partial charge in [-0.1, -0.05) is 29.5 Å². The summed E-state index contributed by atoms with van der Waals surface area (Å²) >= 11 is 1.21. The van der Waals surface area contributed by atoms with Gasteiger partial charge in [0.05, 0.1) is 34.6 Å². The third-order valence-corrected chi connectivity index (χ3v) is 7.37. The normalized spacial score (nSPS) is 17.3. The summed E-state index contributed by atoms with van der Waals surface area (Å²) < 4.78 is 21.5. The van der Waals surface area contributed by atoms with E-state index in [1.54, 1.807) is 55.0 Å². The SMILES string of the molecule is COc1ccc2nc(N3C(=O)C(=O)/C(=C(/O)c4c(C)nc5ccccn45)C3c3ccc(F)cc3)sc2c1. The van der Waals surface area contributed by atoms with Gasteiger partial charge in [-0.3, -0.25) is 18.9 Å². The Labute approximate surface area is 213 Å². The van der Waals surface area contributed by atoms with Gasteiger partial charge in [-0.25, -0.2) is 14.4 Å². The van der Waals surface area contributed by atoms with Crippen LogP contribution in [0.25, 0.3) is 21.6 Å². The lowest BCUT2D eigenvalue weighted by Gasteiger charge is -2.23. The molecule has 1 aliphatic heterocycles. The van der Waals surface area contributed by atoms with E-state index in [9.17, 15) is 19.1 Å². The molecule has 1 atom stereocenters. The van der Waals surface area contributed by atoms with Crippen molar-refractivity contribution in [3.63, 3.8) is 0 Å². The summed E-state index contributed by atoms with van der Waals surface area (Å²) in [5.74, 6) is -1.91. The molecule has 0 aliphatic carbocycles. The Bertz CT molecular complexity index is 1760. The molecule has 0 bridgehead atoms. The highest BCUT2D eigenvalue weighted by atomic mass is 32.1. The van der Waals surface area contributed by atoms with Gasteiger partial charge in [-0.2, -0.15) is 0 Å². The van der Waals surface area contributed by atoms with Crippen LogP contribution in [0.2, 0.25) is 0 Å². The number of nitrogens with zero attached hydrogens (tertiary/aromatic N) is 4. The lowest BCUT2D eigenvalue weighted by molar-refractivity contribution is -0.132. The molecular formula is C27H19FN4O4S. The molecule has 5 aromatic rings. The van der Waals surface area contributed by atoms with Gasteiger partial charge >= 0.3 is 5.91 Å². The number of carbonyl (C=O) groups is 2. The molecule has 1 unspecified atom stereocenters. The van der Waals surface area contributed by atoms with Crippen molar-refractivity contribution in [2.75, 3.05) is 12.0 Å². The Hall–Kier alpha value is -4.57. The molecule has 0 saturated carbocycles. The Morgan fingerprint density at radius 1 is 1.08 bits per heavy atom. The van der Waals surface area contributed by atoms with E-state index < -0.39 is 23.5 Å².